The molecule has 1 unspecified atom stereocenters. The maximum Gasteiger partial charge on any atom is 0.241 e. The summed E-state index contributed by atoms with van der Waals surface area (Å²) in [6, 6.07) is 16.4. The number of nitrogens with one attached hydrogen (secondary N) is 1. The van der Waals surface area contributed by atoms with Crippen molar-refractivity contribution in [2.24, 2.45) is 0 Å². The Hall–Kier alpha value is -1.17. The van der Waals surface area contributed by atoms with E-state index in [-0.39, 0.29) is 4.90 Å². The van der Waals surface area contributed by atoms with E-state index in [1.807, 2.05) is 50.2 Å². The van der Waals surface area contributed by atoms with E-state index in [1.54, 1.807) is 18.2 Å². The molecule has 0 bridgehead atoms. The average molecular weight is 368 g/mol. The average Bonchev–Trinajstić information content (AvgIpc) is 2.47. The van der Waals surface area contributed by atoms with Gasteiger partial charge in [-0.15, -0.1) is 0 Å². The van der Waals surface area contributed by atoms with Crippen LogP contribution in [0.2, 0.25) is 0 Å². The summed E-state index contributed by atoms with van der Waals surface area (Å²) in [5.41, 5.74) is 1.13. The number of sulfonamides is 1. The topological polar surface area (TPSA) is 46.2 Å². The van der Waals surface area contributed by atoms with Gasteiger partial charge in [0.1, 0.15) is 0 Å². The van der Waals surface area contributed by atoms with Gasteiger partial charge in [0, 0.05) is 5.33 Å². The lowest BCUT2D eigenvalue weighted by Gasteiger charge is -2.29. The molecular formula is C16H18BrNO2S. The Morgan fingerprint density at radius 2 is 1.76 bits per heavy atom. The lowest BCUT2D eigenvalue weighted by atomic mass is 9.96. The molecular weight excluding hydrogens is 350 g/mol. The van der Waals surface area contributed by atoms with Gasteiger partial charge in [-0.3, -0.25) is 0 Å². The van der Waals surface area contributed by atoms with Crippen LogP contribution in [0, 0.1) is 6.92 Å². The number of alkyl halides is 1. The second kappa shape index (κ2) is 6.30. The highest BCUT2D eigenvalue weighted by molar-refractivity contribution is 9.09. The van der Waals surface area contributed by atoms with Gasteiger partial charge in [0.25, 0.3) is 0 Å². The first kappa shape index (κ1) is 16.2. The molecule has 0 radical (unpaired) electrons. The van der Waals surface area contributed by atoms with Crippen LogP contribution in [0.3, 0.4) is 0 Å². The van der Waals surface area contributed by atoms with Crippen LogP contribution in [0.25, 0.3) is 0 Å². The first-order chi connectivity index (χ1) is 9.87. The van der Waals surface area contributed by atoms with Crippen LogP contribution in [0.15, 0.2) is 59.5 Å². The predicted octanol–water partition coefficient (Wildman–Crippen LogP) is 3.58. The Bertz CT molecular complexity index is 716. The normalized spacial score (nSPS) is 14.6. The third-order valence-electron chi connectivity index (χ3n) is 3.34. The van der Waals surface area contributed by atoms with Crippen molar-refractivity contribution in [2.45, 2.75) is 24.3 Å². The summed E-state index contributed by atoms with van der Waals surface area (Å²) in [5.74, 6) is 0. The second-order valence-electron chi connectivity index (χ2n) is 5.25. The zero-order valence-electron chi connectivity index (χ0n) is 12.0. The molecule has 0 aromatic heterocycles. The van der Waals surface area contributed by atoms with Crippen molar-refractivity contribution in [2.75, 3.05) is 5.33 Å². The lowest BCUT2D eigenvalue weighted by Crippen LogP contribution is -2.44. The van der Waals surface area contributed by atoms with Crippen molar-refractivity contribution in [3.63, 3.8) is 0 Å². The third kappa shape index (κ3) is 3.73. The Morgan fingerprint density at radius 1 is 1.10 bits per heavy atom. The van der Waals surface area contributed by atoms with Crippen LogP contribution in [0.5, 0.6) is 0 Å². The summed E-state index contributed by atoms with van der Waals surface area (Å²) in [6.07, 6.45) is 0. The van der Waals surface area contributed by atoms with Crippen LogP contribution >= 0.6 is 15.9 Å². The molecule has 0 aliphatic rings. The fourth-order valence-electron chi connectivity index (χ4n) is 2.11. The van der Waals surface area contributed by atoms with Gasteiger partial charge in [-0.2, -0.15) is 0 Å². The van der Waals surface area contributed by atoms with Crippen LogP contribution in [0.1, 0.15) is 18.1 Å². The molecule has 1 atom stereocenters. The quantitative estimate of drug-likeness (QED) is 0.820. The van der Waals surface area contributed by atoms with Crippen molar-refractivity contribution in [1.82, 2.24) is 4.72 Å². The molecule has 0 spiro atoms. The smallest absolute Gasteiger partial charge is 0.207 e. The minimum Gasteiger partial charge on any atom is -0.207 e. The Kier molecular flexibility index (Phi) is 4.86. The zero-order chi connectivity index (χ0) is 15.5. The third-order valence-corrected chi connectivity index (χ3v) is 6.05. The van der Waals surface area contributed by atoms with Gasteiger partial charge in [0.2, 0.25) is 10.0 Å². The summed E-state index contributed by atoms with van der Waals surface area (Å²) in [5, 5.41) is 0.481. The first-order valence-corrected chi connectivity index (χ1v) is 9.20. The highest BCUT2D eigenvalue weighted by Gasteiger charge is 2.31. The van der Waals surface area contributed by atoms with E-state index in [1.165, 1.54) is 0 Å². The van der Waals surface area contributed by atoms with E-state index < -0.39 is 15.6 Å². The van der Waals surface area contributed by atoms with Crippen LogP contribution in [-0.4, -0.2) is 13.7 Å². The maximum atomic E-state index is 12.6. The van der Waals surface area contributed by atoms with Crippen molar-refractivity contribution in [3.05, 3.63) is 65.7 Å². The molecule has 2 aromatic carbocycles. The second-order valence-corrected chi connectivity index (χ2v) is 7.50. The molecule has 2 aromatic rings. The van der Waals surface area contributed by atoms with Gasteiger partial charge in [-0.1, -0.05) is 58.4 Å². The number of aryl methyl sites for hydroxylation is 1. The van der Waals surface area contributed by atoms with Crippen molar-refractivity contribution < 1.29 is 8.42 Å². The minimum absolute atomic E-state index is 0.283. The van der Waals surface area contributed by atoms with Gasteiger partial charge >= 0.3 is 0 Å². The first-order valence-electron chi connectivity index (χ1n) is 6.59. The summed E-state index contributed by atoms with van der Waals surface area (Å²) in [4.78, 5) is 0.283. The molecule has 1 N–H and O–H groups in total. The van der Waals surface area contributed by atoms with E-state index in [4.69, 9.17) is 0 Å². The van der Waals surface area contributed by atoms with E-state index in [9.17, 15) is 8.42 Å². The van der Waals surface area contributed by atoms with Crippen LogP contribution in [-0.2, 0) is 15.6 Å². The Labute approximate surface area is 134 Å². The lowest BCUT2D eigenvalue weighted by molar-refractivity contribution is 0.482. The number of rotatable bonds is 5. The predicted molar refractivity (Wildman–Crippen MR) is 89.1 cm³/mol. The fourth-order valence-corrected chi connectivity index (χ4v) is 4.26. The van der Waals surface area contributed by atoms with Crippen LogP contribution < -0.4 is 4.72 Å². The van der Waals surface area contributed by atoms with Crippen molar-refractivity contribution in [1.29, 1.82) is 0 Å². The number of halogens is 1. The molecule has 0 aliphatic heterocycles. The highest BCUT2D eigenvalue weighted by atomic mass is 79.9. The Morgan fingerprint density at radius 3 is 2.33 bits per heavy atom. The maximum absolute atomic E-state index is 12.6. The van der Waals surface area contributed by atoms with E-state index in [2.05, 4.69) is 20.7 Å². The molecule has 0 fully saturated rings. The van der Waals surface area contributed by atoms with Gasteiger partial charge in [-0.05, 0) is 37.1 Å². The van der Waals surface area contributed by atoms with Gasteiger partial charge < -0.3 is 0 Å². The van der Waals surface area contributed by atoms with Gasteiger partial charge in [0.15, 0.2) is 0 Å². The molecule has 0 amide bonds. The van der Waals surface area contributed by atoms with Gasteiger partial charge in [0.05, 0.1) is 10.4 Å². The standard InChI is InChI=1S/C16H18BrNO2S/c1-13-7-6-10-15(11-13)21(19,20)18-16(2,12-17)14-8-4-3-5-9-14/h3-11,18H,12H2,1-2H3. The van der Waals surface area contributed by atoms with E-state index in [0.29, 0.717) is 5.33 Å². The molecule has 0 aliphatic carbocycles. The summed E-state index contributed by atoms with van der Waals surface area (Å²) in [6.45, 7) is 3.74. The minimum atomic E-state index is -3.58. The Balaban J connectivity index is 2.38. The molecule has 3 nitrogen and oxygen atoms in total. The van der Waals surface area contributed by atoms with Gasteiger partial charge in [-0.25, -0.2) is 13.1 Å². The van der Waals surface area contributed by atoms with Crippen molar-refractivity contribution >= 4 is 26.0 Å². The number of benzene rings is 2. The number of hydrogen-bond donors (Lipinski definition) is 1. The highest BCUT2D eigenvalue weighted by Crippen LogP contribution is 2.25. The molecule has 21 heavy (non-hydrogen) atoms. The molecule has 0 saturated carbocycles. The molecule has 0 heterocycles. The fraction of sp³-hybridized carbons (Fsp3) is 0.250. The monoisotopic (exact) mass is 367 g/mol. The molecule has 5 heteroatoms. The summed E-state index contributed by atoms with van der Waals surface area (Å²) in [7, 11) is -3.58. The molecule has 0 saturated heterocycles. The molecule has 2 rings (SSSR count). The van der Waals surface area contributed by atoms with E-state index >= 15 is 0 Å². The largest absolute Gasteiger partial charge is 0.241 e. The SMILES string of the molecule is Cc1cccc(S(=O)(=O)NC(C)(CBr)c2ccccc2)c1. The van der Waals surface area contributed by atoms with Crippen molar-refractivity contribution in [3.8, 4) is 0 Å². The van der Waals surface area contributed by atoms with E-state index in [0.717, 1.165) is 11.1 Å². The summed E-state index contributed by atoms with van der Waals surface area (Å²) >= 11 is 3.42. The number of hydrogen-bond acceptors (Lipinski definition) is 2. The van der Waals surface area contributed by atoms with Crippen LogP contribution in [0.4, 0.5) is 0 Å². The molecule has 112 valence electrons. The summed E-state index contributed by atoms with van der Waals surface area (Å²) < 4.78 is 28.0. The zero-order valence-corrected chi connectivity index (χ0v) is 14.4.